The van der Waals surface area contributed by atoms with Crippen LogP contribution in [0.2, 0.25) is 0 Å². The van der Waals surface area contributed by atoms with Crippen molar-refractivity contribution < 1.29 is 9.53 Å². The largest absolute Gasteiger partial charge is 0.480 e. The van der Waals surface area contributed by atoms with Gasteiger partial charge in [0.1, 0.15) is 24.0 Å². The van der Waals surface area contributed by atoms with Gasteiger partial charge in [0.15, 0.2) is 0 Å². The number of ether oxygens (including phenoxy) is 1. The molecule has 0 unspecified atom stereocenters. The molecular weight excluding hydrogens is 392 g/mol. The summed E-state index contributed by atoms with van der Waals surface area (Å²) in [6.07, 6.45) is 6.70. The van der Waals surface area contributed by atoms with Gasteiger partial charge in [-0.2, -0.15) is 5.26 Å². The van der Waals surface area contributed by atoms with Gasteiger partial charge in [0.2, 0.25) is 0 Å². The monoisotopic (exact) mass is 408 g/mol. The van der Waals surface area contributed by atoms with Gasteiger partial charge in [-0.05, 0) is 70.7 Å². The van der Waals surface area contributed by atoms with Crippen LogP contribution in [0.4, 0.5) is 5.69 Å². The van der Waals surface area contributed by atoms with Crippen molar-refractivity contribution in [1.29, 1.82) is 5.26 Å². The van der Waals surface area contributed by atoms with E-state index >= 15 is 0 Å². The molecule has 4 nitrogen and oxygen atoms in total. The van der Waals surface area contributed by atoms with Crippen LogP contribution in [0.5, 0.6) is 5.75 Å². The highest BCUT2D eigenvalue weighted by molar-refractivity contribution is 9.10. The molecule has 0 aliphatic heterocycles. The number of terminal acetylenes is 1. The first kappa shape index (κ1) is 19.3. The number of carbonyl (C=O) groups excluding carboxylic acids is 1. The Hall–Kier alpha value is -3.02. The molecule has 0 heterocycles. The minimum absolute atomic E-state index is 0.00935. The number of anilines is 1. The van der Waals surface area contributed by atoms with Gasteiger partial charge in [-0.1, -0.05) is 24.1 Å². The Bertz CT molecular complexity index is 949. The third-order valence-electron chi connectivity index (χ3n) is 3.58. The first-order valence-corrected chi connectivity index (χ1v) is 8.60. The van der Waals surface area contributed by atoms with Crippen LogP contribution in [0.15, 0.2) is 46.4 Å². The van der Waals surface area contributed by atoms with Crippen molar-refractivity contribution in [3.05, 3.63) is 63.1 Å². The van der Waals surface area contributed by atoms with Gasteiger partial charge in [-0.15, -0.1) is 6.42 Å². The van der Waals surface area contributed by atoms with E-state index in [-0.39, 0.29) is 12.2 Å². The fraction of sp³-hybridized carbons (Fsp3) is 0.143. The minimum Gasteiger partial charge on any atom is -0.480 e. The van der Waals surface area contributed by atoms with Crippen LogP contribution in [-0.2, 0) is 4.79 Å². The van der Waals surface area contributed by atoms with Crippen LogP contribution in [0, 0.1) is 37.5 Å². The maximum Gasteiger partial charge on any atom is 0.266 e. The number of nitrogens with zero attached hydrogens (tertiary/aromatic N) is 1. The summed E-state index contributed by atoms with van der Waals surface area (Å²) >= 11 is 3.39. The summed E-state index contributed by atoms with van der Waals surface area (Å²) in [5.41, 5.74) is 3.35. The first-order valence-electron chi connectivity index (χ1n) is 7.81. The molecule has 0 bridgehead atoms. The standard InChI is InChI=1S/C21H17BrN2O2/c1-4-9-26-20-8-7-16(12-18(20)22)11-17(13-23)21(25)24-19-10-14(2)5-6-15(19)3/h1,5-8,10-12H,9H2,2-3H3,(H,24,25)/b17-11+. The predicted molar refractivity (Wildman–Crippen MR) is 107 cm³/mol. The summed E-state index contributed by atoms with van der Waals surface area (Å²) in [4.78, 5) is 12.4. The van der Waals surface area contributed by atoms with Crippen molar-refractivity contribution >= 4 is 33.6 Å². The van der Waals surface area contributed by atoms with E-state index in [9.17, 15) is 10.1 Å². The van der Waals surface area contributed by atoms with Crippen molar-refractivity contribution in [1.82, 2.24) is 0 Å². The van der Waals surface area contributed by atoms with E-state index in [4.69, 9.17) is 11.2 Å². The van der Waals surface area contributed by atoms with Crippen molar-refractivity contribution in [3.63, 3.8) is 0 Å². The summed E-state index contributed by atoms with van der Waals surface area (Å²) in [5.74, 6) is 2.54. The van der Waals surface area contributed by atoms with Gasteiger partial charge in [0, 0.05) is 5.69 Å². The smallest absolute Gasteiger partial charge is 0.266 e. The quantitative estimate of drug-likeness (QED) is 0.445. The Labute approximate surface area is 161 Å². The second-order valence-electron chi connectivity index (χ2n) is 5.62. The van der Waals surface area contributed by atoms with E-state index in [1.807, 2.05) is 38.1 Å². The average molecular weight is 409 g/mol. The fourth-order valence-corrected chi connectivity index (χ4v) is 2.73. The summed E-state index contributed by atoms with van der Waals surface area (Å²) in [6, 6.07) is 12.9. The lowest BCUT2D eigenvalue weighted by Gasteiger charge is -2.09. The highest BCUT2D eigenvalue weighted by Gasteiger charge is 2.11. The normalized spacial score (nSPS) is 10.6. The molecule has 0 aliphatic rings. The summed E-state index contributed by atoms with van der Waals surface area (Å²) < 4.78 is 6.06. The first-order chi connectivity index (χ1) is 12.4. The Morgan fingerprint density at radius 3 is 2.73 bits per heavy atom. The van der Waals surface area contributed by atoms with Gasteiger partial charge < -0.3 is 10.1 Å². The Morgan fingerprint density at radius 2 is 2.08 bits per heavy atom. The summed E-state index contributed by atoms with van der Waals surface area (Å²) in [5, 5.41) is 12.1. The molecular formula is C21H17BrN2O2. The van der Waals surface area contributed by atoms with E-state index in [0.717, 1.165) is 11.1 Å². The molecule has 0 radical (unpaired) electrons. The number of benzene rings is 2. The predicted octanol–water partition coefficient (Wildman–Crippen LogP) is 4.62. The molecule has 0 saturated carbocycles. The van der Waals surface area contributed by atoms with Crippen LogP contribution in [0.3, 0.4) is 0 Å². The van der Waals surface area contributed by atoms with Crippen LogP contribution < -0.4 is 10.1 Å². The Balaban J connectivity index is 2.23. The van der Waals surface area contributed by atoms with Crippen molar-refractivity contribution in [2.45, 2.75) is 13.8 Å². The molecule has 0 aromatic heterocycles. The Morgan fingerprint density at radius 1 is 1.31 bits per heavy atom. The van der Waals surface area contributed by atoms with Crippen molar-refractivity contribution in [2.24, 2.45) is 0 Å². The number of halogens is 1. The van der Waals surface area contributed by atoms with Gasteiger partial charge in [-0.25, -0.2) is 0 Å². The third kappa shape index (κ3) is 4.99. The topological polar surface area (TPSA) is 62.1 Å². The number of aryl methyl sites for hydroxylation is 2. The fourth-order valence-electron chi connectivity index (χ4n) is 2.22. The van der Waals surface area contributed by atoms with Gasteiger partial charge in [-0.3, -0.25) is 4.79 Å². The lowest BCUT2D eigenvalue weighted by atomic mass is 10.1. The third-order valence-corrected chi connectivity index (χ3v) is 4.20. The van der Waals surface area contributed by atoms with Crippen LogP contribution in [0.1, 0.15) is 16.7 Å². The number of carbonyl (C=O) groups is 1. The maximum atomic E-state index is 12.4. The van der Waals surface area contributed by atoms with E-state index in [1.54, 1.807) is 18.2 Å². The van der Waals surface area contributed by atoms with Crippen LogP contribution >= 0.6 is 15.9 Å². The van der Waals surface area contributed by atoms with Crippen molar-refractivity contribution in [3.8, 4) is 24.2 Å². The molecule has 26 heavy (non-hydrogen) atoms. The van der Waals surface area contributed by atoms with Gasteiger partial charge in [0.25, 0.3) is 5.91 Å². The molecule has 1 amide bonds. The maximum absolute atomic E-state index is 12.4. The number of amides is 1. The number of hydrogen-bond acceptors (Lipinski definition) is 3. The Kier molecular flexibility index (Phi) is 6.60. The molecule has 0 aliphatic carbocycles. The second kappa shape index (κ2) is 8.89. The SMILES string of the molecule is C#CCOc1ccc(/C=C(\C#N)C(=O)Nc2cc(C)ccc2C)cc1Br. The van der Waals surface area contributed by atoms with E-state index in [0.29, 0.717) is 21.5 Å². The zero-order chi connectivity index (χ0) is 19.1. The molecule has 0 spiro atoms. The highest BCUT2D eigenvalue weighted by Crippen LogP contribution is 2.27. The molecule has 2 rings (SSSR count). The molecule has 130 valence electrons. The van der Waals surface area contributed by atoms with E-state index in [2.05, 4.69) is 27.2 Å². The number of nitriles is 1. The molecule has 2 aromatic carbocycles. The minimum atomic E-state index is -0.454. The summed E-state index contributed by atoms with van der Waals surface area (Å²) in [6.45, 7) is 4.00. The van der Waals surface area contributed by atoms with Gasteiger partial charge in [0.05, 0.1) is 4.47 Å². The zero-order valence-corrected chi connectivity index (χ0v) is 16.1. The number of rotatable bonds is 5. The summed E-state index contributed by atoms with van der Waals surface area (Å²) in [7, 11) is 0. The molecule has 0 atom stereocenters. The molecule has 0 fully saturated rings. The molecule has 2 aromatic rings. The van der Waals surface area contributed by atoms with Crippen molar-refractivity contribution in [2.75, 3.05) is 11.9 Å². The lowest BCUT2D eigenvalue weighted by molar-refractivity contribution is -0.112. The van der Waals surface area contributed by atoms with Gasteiger partial charge >= 0.3 is 0 Å². The number of nitrogens with one attached hydrogen (secondary N) is 1. The zero-order valence-electron chi connectivity index (χ0n) is 14.5. The molecule has 1 N–H and O–H groups in total. The average Bonchev–Trinajstić information content (AvgIpc) is 2.62. The molecule has 0 saturated heterocycles. The number of hydrogen-bond donors (Lipinski definition) is 1. The van der Waals surface area contributed by atoms with Crippen LogP contribution in [0.25, 0.3) is 6.08 Å². The second-order valence-corrected chi connectivity index (χ2v) is 6.48. The van der Waals surface area contributed by atoms with Crippen LogP contribution in [-0.4, -0.2) is 12.5 Å². The highest BCUT2D eigenvalue weighted by atomic mass is 79.9. The van der Waals surface area contributed by atoms with E-state index in [1.165, 1.54) is 6.08 Å². The van der Waals surface area contributed by atoms with E-state index < -0.39 is 5.91 Å². The lowest BCUT2D eigenvalue weighted by Crippen LogP contribution is -2.14. The molecule has 5 heteroatoms.